The number of nitrogens with zero attached hydrogens (tertiary/aromatic N) is 1. The van der Waals surface area contributed by atoms with Crippen molar-refractivity contribution >= 4 is 43.8 Å². The number of para-hydroxylation sites is 1. The maximum atomic E-state index is 13.8. The van der Waals surface area contributed by atoms with Crippen LogP contribution < -0.4 is 4.90 Å². The first-order valence-electron chi connectivity index (χ1n) is 5.43. The van der Waals surface area contributed by atoms with Crippen LogP contribution in [0.4, 0.5) is 10.1 Å². The number of thioether (sulfide) groups is 1. The first-order chi connectivity index (χ1) is 8.48. The average molecular weight is 303 g/mol. The molecular formula is C11H10FNO2S3. The minimum Gasteiger partial charge on any atom is -0.319 e. The van der Waals surface area contributed by atoms with Crippen LogP contribution in [0.1, 0.15) is 0 Å². The van der Waals surface area contributed by atoms with Gasteiger partial charge in [0, 0.05) is 5.25 Å². The third kappa shape index (κ3) is 1.94. The molecule has 1 aromatic carbocycles. The lowest BCUT2D eigenvalue weighted by molar-refractivity contribution is 0.600. The normalized spacial score (nSPS) is 29.6. The first-order valence-corrected chi connectivity index (χ1v) is 8.54. The number of rotatable bonds is 1. The van der Waals surface area contributed by atoms with E-state index in [2.05, 4.69) is 0 Å². The van der Waals surface area contributed by atoms with Gasteiger partial charge in [-0.05, 0) is 12.1 Å². The molecule has 2 aliphatic heterocycles. The van der Waals surface area contributed by atoms with Gasteiger partial charge in [-0.1, -0.05) is 36.1 Å². The van der Waals surface area contributed by atoms with Gasteiger partial charge in [-0.3, -0.25) is 0 Å². The standard InChI is InChI=1S/C11H10FNO2S3/c12-7-3-1-2-4-8(7)13-9-5-18(14,15)6-10(9)17-11(13)16/h1-4,9-10H,5-6H2/t9-,10+/m1/s1. The summed E-state index contributed by atoms with van der Waals surface area (Å²) in [4.78, 5) is 1.66. The van der Waals surface area contributed by atoms with Gasteiger partial charge in [-0.25, -0.2) is 12.8 Å². The van der Waals surface area contributed by atoms with E-state index in [0.717, 1.165) is 0 Å². The minimum absolute atomic E-state index is 0.0547. The fraction of sp³-hybridized carbons (Fsp3) is 0.364. The van der Waals surface area contributed by atoms with E-state index in [1.807, 2.05) is 0 Å². The van der Waals surface area contributed by atoms with Gasteiger partial charge in [0.25, 0.3) is 0 Å². The SMILES string of the molecule is O=S1(=O)C[C@@H]2SC(=S)N(c3ccccc3F)[C@@H]2C1. The zero-order chi connectivity index (χ0) is 12.9. The second kappa shape index (κ2) is 4.18. The maximum absolute atomic E-state index is 13.8. The summed E-state index contributed by atoms with van der Waals surface area (Å²) >= 11 is 6.60. The summed E-state index contributed by atoms with van der Waals surface area (Å²) in [6, 6.07) is 6.09. The summed E-state index contributed by atoms with van der Waals surface area (Å²) in [6.07, 6.45) is 0. The van der Waals surface area contributed by atoms with Gasteiger partial charge < -0.3 is 4.90 Å². The highest BCUT2D eigenvalue weighted by Crippen LogP contribution is 2.41. The maximum Gasteiger partial charge on any atom is 0.153 e. The Balaban J connectivity index is 2.02. The van der Waals surface area contributed by atoms with Crippen LogP contribution in [-0.4, -0.2) is 35.5 Å². The summed E-state index contributed by atoms with van der Waals surface area (Å²) in [6.45, 7) is 0. The van der Waals surface area contributed by atoms with Crippen LogP contribution in [0.5, 0.6) is 0 Å². The van der Waals surface area contributed by atoms with Crippen molar-refractivity contribution in [2.24, 2.45) is 0 Å². The molecule has 3 nitrogen and oxygen atoms in total. The summed E-state index contributed by atoms with van der Waals surface area (Å²) in [5.74, 6) is -0.183. The Morgan fingerprint density at radius 2 is 2.06 bits per heavy atom. The molecular weight excluding hydrogens is 293 g/mol. The number of thiocarbonyl (C=S) groups is 1. The fourth-order valence-electron chi connectivity index (χ4n) is 2.40. The molecule has 3 rings (SSSR count). The van der Waals surface area contributed by atoms with E-state index in [-0.39, 0.29) is 28.6 Å². The largest absolute Gasteiger partial charge is 0.319 e. The number of halogens is 1. The molecule has 18 heavy (non-hydrogen) atoms. The van der Waals surface area contributed by atoms with E-state index in [9.17, 15) is 12.8 Å². The molecule has 0 unspecified atom stereocenters. The molecule has 7 heteroatoms. The van der Waals surface area contributed by atoms with Crippen molar-refractivity contribution < 1.29 is 12.8 Å². The predicted molar refractivity (Wildman–Crippen MR) is 75.3 cm³/mol. The lowest BCUT2D eigenvalue weighted by atomic mass is 10.2. The van der Waals surface area contributed by atoms with Gasteiger partial charge in [0.2, 0.25) is 0 Å². The molecule has 0 spiro atoms. The molecule has 0 amide bonds. The Hall–Kier alpha value is -0.660. The smallest absolute Gasteiger partial charge is 0.153 e. The summed E-state index contributed by atoms with van der Waals surface area (Å²) in [7, 11) is -3.03. The van der Waals surface area contributed by atoms with Crippen molar-refractivity contribution in [1.82, 2.24) is 0 Å². The van der Waals surface area contributed by atoms with Crippen LogP contribution in [0.25, 0.3) is 0 Å². The van der Waals surface area contributed by atoms with E-state index in [1.165, 1.54) is 17.8 Å². The highest BCUT2D eigenvalue weighted by molar-refractivity contribution is 8.24. The number of hydrogen-bond donors (Lipinski definition) is 0. The molecule has 2 aliphatic rings. The number of benzene rings is 1. The molecule has 0 radical (unpaired) electrons. The van der Waals surface area contributed by atoms with E-state index >= 15 is 0 Å². The van der Waals surface area contributed by atoms with Crippen LogP contribution >= 0.6 is 24.0 Å². The second-order valence-corrected chi connectivity index (χ2v) is 8.41. The Kier molecular flexibility index (Phi) is 2.87. The predicted octanol–water partition coefficient (Wildman–Crippen LogP) is 1.83. The molecule has 2 heterocycles. The summed E-state index contributed by atoms with van der Waals surface area (Å²) in [5.41, 5.74) is 0.375. The Bertz CT molecular complexity index is 616. The average Bonchev–Trinajstić information content (AvgIpc) is 2.70. The highest BCUT2D eigenvalue weighted by Gasteiger charge is 2.48. The van der Waals surface area contributed by atoms with Gasteiger partial charge in [0.1, 0.15) is 10.1 Å². The fourth-order valence-corrected chi connectivity index (χ4v) is 6.76. The van der Waals surface area contributed by atoms with Gasteiger partial charge in [0.05, 0.1) is 23.2 Å². The van der Waals surface area contributed by atoms with E-state index in [1.54, 1.807) is 23.1 Å². The molecule has 1 aromatic rings. The number of sulfone groups is 1. The molecule has 0 saturated carbocycles. The van der Waals surface area contributed by atoms with Crippen molar-refractivity contribution in [3.8, 4) is 0 Å². The third-order valence-corrected chi connectivity index (χ3v) is 6.76. The van der Waals surface area contributed by atoms with Crippen LogP contribution in [0, 0.1) is 5.82 Å². The lowest BCUT2D eigenvalue weighted by Crippen LogP contribution is -2.37. The minimum atomic E-state index is -3.03. The molecule has 0 N–H and O–H groups in total. The van der Waals surface area contributed by atoms with Crippen molar-refractivity contribution in [3.63, 3.8) is 0 Å². The third-order valence-electron chi connectivity index (χ3n) is 3.16. The number of fused-ring (bicyclic) bond motifs is 1. The van der Waals surface area contributed by atoms with Crippen molar-refractivity contribution in [2.45, 2.75) is 11.3 Å². The van der Waals surface area contributed by atoms with Crippen molar-refractivity contribution in [3.05, 3.63) is 30.1 Å². The monoisotopic (exact) mass is 303 g/mol. The Morgan fingerprint density at radius 1 is 1.33 bits per heavy atom. The zero-order valence-electron chi connectivity index (χ0n) is 9.24. The zero-order valence-corrected chi connectivity index (χ0v) is 11.7. The van der Waals surface area contributed by atoms with Crippen molar-refractivity contribution in [2.75, 3.05) is 16.4 Å². The van der Waals surface area contributed by atoms with E-state index in [4.69, 9.17) is 12.2 Å². The van der Waals surface area contributed by atoms with Gasteiger partial charge in [-0.2, -0.15) is 0 Å². The molecule has 2 fully saturated rings. The lowest BCUT2D eigenvalue weighted by Gasteiger charge is -2.24. The van der Waals surface area contributed by atoms with E-state index < -0.39 is 9.84 Å². The number of hydrogen-bond acceptors (Lipinski definition) is 4. The van der Waals surface area contributed by atoms with Crippen LogP contribution in [0.2, 0.25) is 0 Å². The Labute approximate surface area is 114 Å². The number of anilines is 1. The molecule has 96 valence electrons. The van der Waals surface area contributed by atoms with Gasteiger partial charge >= 0.3 is 0 Å². The van der Waals surface area contributed by atoms with Crippen LogP contribution in [0.15, 0.2) is 24.3 Å². The van der Waals surface area contributed by atoms with Crippen LogP contribution in [-0.2, 0) is 9.84 Å². The second-order valence-electron chi connectivity index (χ2n) is 4.39. The van der Waals surface area contributed by atoms with E-state index in [0.29, 0.717) is 10.0 Å². The van der Waals surface area contributed by atoms with Crippen molar-refractivity contribution in [1.29, 1.82) is 0 Å². The molecule has 0 aromatic heterocycles. The van der Waals surface area contributed by atoms with Gasteiger partial charge in [-0.15, -0.1) is 0 Å². The summed E-state index contributed by atoms with van der Waals surface area (Å²) < 4.78 is 37.6. The molecule has 0 aliphatic carbocycles. The molecule has 0 bridgehead atoms. The Morgan fingerprint density at radius 3 is 2.78 bits per heavy atom. The topological polar surface area (TPSA) is 37.4 Å². The molecule has 2 atom stereocenters. The first kappa shape index (κ1) is 12.4. The molecule has 2 saturated heterocycles. The summed E-state index contributed by atoms with van der Waals surface area (Å²) in [5, 5.41) is -0.0675. The van der Waals surface area contributed by atoms with Crippen LogP contribution in [0.3, 0.4) is 0 Å². The van der Waals surface area contributed by atoms with Gasteiger partial charge in [0.15, 0.2) is 9.84 Å². The quantitative estimate of drug-likeness (QED) is 0.740. The highest BCUT2D eigenvalue weighted by atomic mass is 32.2.